The van der Waals surface area contributed by atoms with Gasteiger partial charge in [0.2, 0.25) is 5.79 Å². The molecule has 1 heterocycles. The largest absolute Gasteiger partial charge is 0.381 e. The van der Waals surface area contributed by atoms with Crippen LogP contribution in [-0.2, 0) is 14.5 Å². The Morgan fingerprint density at radius 3 is 2.66 bits per heavy atom. The number of halogens is 1. The van der Waals surface area contributed by atoms with E-state index in [1.54, 1.807) is 0 Å². The molecule has 1 spiro atoms. The van der Waals surface area contributed by atoms with Gasteiger partial charge in [-0.3, -0.25) is 0 Å². The third-order valence-electron chi connectivity index (χ3n) is 7.36. The number of hydrogen-bond donors (Lipinski definition) is 2. The Morgan fingerprint density at radius 2 is 1.88 bits per heavy atom. The molecule has 2 saturated carbocycles. The maximum Gasteiger partial charge on any atom is 0.201 e. The maximum atomic E-state index is 6.19. The second kappa shape index (κ2) is 9.11. The van der Waals surface area contributed by atoms with E-state index >= 15 is 0 Å². The van der Waals surface area contributed by atoms with Crippen LogP contribution in [0.5, 0.6) is 0 Å². The third kappa shape index (κ3) is 4.92. The van der Waals surface area contributed by atoms with Gasteiger partial charge in [-0.2, -0.15) is 0 Å². The van der Waals surface area contributed by atoms with Crippen molar-refractivity contribution in [3.05, 3.63) is 41.4 Å². The van der Waals surface area contributed by atoms with Crippen LogP contribution in [0.2, 0.25) is 5.02 Å². The van der Waals surface area contributed by atoms with E-state index in [1.165, 1.54) is 35.7 Å². The Labute approximate surface area is 196 Å². The van der Waals surface area contributed by atoms with Crippen molar-refractivity contribution in [3.8, 4) is 0 Å². The van der Waals surface area contributed by atoms with E-state index < -0.39 is 5.79 Å². The first-order valence-corrected chi connectivity index (χ1v) is 12.5. The fourth-order valence-electron chi connectivity index (χ4n) is 5.40. The predicted octanol–water partition coefficient (Wildman–Crippen LogP) is 6.06. The minimum absolute atomic E-state index is 0.360. The van der Waals surface area contributed by atoms with Crippen LogP contribution in [0.1, 0.15) is 58.8 Å². The molecule has 0 unspecified atom stereocenters. The average Bonchev–Trinajstić information content (AvgIpc) is 3.23. The highest BCUT2D eigenvalue weighted by atomic mass is 35.5. The van der Waals surface area contributed by atoms with Crippen LogP contribution < -0.4 is 10.6 Å². The van der Waals surface area contributed by atoms with Gasteiger partial charge in [0, 0.05) is 47.6 Å². The van der Waals surface area contributed by atoms with Gasteiger partial charge in [-0.15, -0.1) is 0 Å². The summed E-state index contributed by atoms with van der Waals surface area (Å²) in [6.45, 7) is 5.62. The minimum atomic E-state index is -0.539. The summed E-state index contributed by atoms with van der Waals surface area (Å²) in [5.41, 5.74) is 0.853. The molecule has 2 atom stereocenters. The molecule has 0 radical (unpaired) electrons. The van der Waals surface area contributed by atoms with Crippen LogP contribution in [0.3, 0.4) is 0 Å². The summed E-state index contributed by atoms with van der Waals surface area (Å²) in [6.07, 6.45) is 7.64. The van der Waals surface area contributed by atoms with Gasteiger partial charge in [-0.05, 0) is 69.0 Å². The second-order valence-electron chi connectivity index (χ2n) is 10.4. The van der Waals surface area contributed by atoms with Crippen LogP contribution >= 0.6 is 11.6 Å². The Kier molecular flexibility index (Phi) is 6.38. The molecule has 174 valence electrons. The topological polar surface area (TPSA) is 51.8 Å². The molecule has 3 fully saturated rings. The highest BCUT2D eigenvalue weighted by molar-refractivity contribution is 6.31. The molecule has 1 saturated heterocycles. The lowest BCUT2D eigenvalue weighted by Gasteiger charge is -2.45. The molecule has 3 aliphatic rings. The summed E-state index contributed by atoms with van der Waals surface area (Å²) in [5, 5.41) is 10.9. The fraction of sp³-hybridized carbons (Fsp3) is 0.615. The third-order valence-corrected chi connectivity index (χ3v) is 7.60. The molecule has 5 nitrogen and oxygen atoms in total. The van der Waals surface area contributed by atoms with Crippen molar-refractivity contribution >= 4 is 28.1 Å². The van der Waals surface area contributed by atoms with Crippen molar-refractivity contribution in [1.29, 1.82) is 0 Å². The lowest BCUT2D eigenvalue weighted by atomic mass is 9.89. The van der Waals surface area contributed by atoms with Gasteiger partial charge >= 0.3 is 0 Å². The quantitative estimate of drug-likeness (QED) is 0.533. The zero-order chi connectivity index (χ0) is 22.2. The van der Waals surface area contributed by atoms with Crippen molar-refractivity contribution < 1.29 is 14.5 Å². The summed E-state index contributed by atoms with van der Waals surface area (Å²) in [4.78, 5) is 11.3. The molecule has 2 N–H and O–H groups in total. The molecule has 1 aliphatic heterocycles. The zero-order valence-electron chi connectivity index (χ0n) is 19.2. The molecule has 6 heteroatoms. The number of hydrogen-bond acceptors (Lipinski definition) is 5. The SMILES string of the molecule is CC1(C)COC2(CCC(NC[C@@H]3CCC[C@@H]3Nc3cccc4cc(Cl)ccc34)CC2)OO1. The summed E-state index contributed by atoms with van der Waals surface area (Å²) < 4.78 is 6.08. The minimum Gasteiger partial charge on any atom is -0.381 e. The molecule has 0 amide bonds. The van der Waals surface area contributed by atoms with Crippen LogP contribution in [0.15, 0.2) is 36.4 Å². The number of anilines is 1. The number of rotatable bonds is 5. The molecule has 0 bridgehead atoms. The highest BCUT2D eigenvalue weighted by Crippen LogP contribution is 2.38. The van der Waals surface area contributed by atoms with Gasteiger partial charge in [0.1, 0.15) is 5.60 Å². The Hall–Kier alpha value is -1.37. The first-order chi connectivity index (χ1) is 15.4. The van der Waals surface area contributed by atoms with Gasteiger partial charge in [-0.1, -0.05) is 36.2 Å². The predicted molar refractivity (Wildman–Crippen MR) is 129 cm³/mol. The van der Waals surface area contributed by atoms with Crippen molar-refractivity contribution in [3.63, 3.8) is 0 Å². The highest BCUT2D eigenvalue weighted by Gasteiger charge is 2.45. The Morgan fingerprint density at radius 1 is 1.03 bits per heavy atom. The molecular weight excluding hydrogens is 424 g/mol. The molecule has 5 rings (SSSR count). The van der Waals surface area contributed by atoms with E-state index in [0.717, 1.165) is 37.3 Å². The molecule has 0 aromatic heterocycles. The lowest BCUT2D eigenvalue weighted by molar-refractivity contribution is -0.511. The van der Waals surface area contributed by atoms with Crippen LogP contribution in [0.4, 0.5) is 5.69 Å². The number of benzene rings is 2. The number of nitrogens with one attached hydrogen (secondary N) is 2. The summed E-state index contributed by atoms with van der Waals surface area (Å²) in [6, 6.07) is 13.6. The molecule has 2 aromatic carbocycles. The first kappa shape index (κ1) is 22.4. The van der Waals surface area contributed by atoms with E-state index in [0.29, 0.717) is 24.6 Å². The summed E-state index contributed by atoms with van der Waals surface area (Å²) in [5.74, 6) is 0.0994. The molecule has 32 heavy (non-hydrogen) atoms. The standard InChI is InChI=1S/C26H35ClN2O3/c1-25(2)17-30-26(32-31-25)13-11-21(12-14-26)28-16-19-6-4-7-23(19)29-24-8-3-5-18-15-20(27)9-10-22(18)24/h3,5,8-10,15,19,21,23,28-29H,4,6-7,11-14,16-17H2,1-2H3/t19-,21?,23-,26?/m0/s1. The van der Waals surface area contributed by atoms with E-state index in [-0.39, 0.29) is 5.60 Å². The smallest absolute Gasteiger partial charge is 0.201 e. The molecular formula is C26H35ClN2O3. The van der Waals surface area contributed by atoms with Gasteiger partial charge in [0.25, 0.3) is 0 Å². The summed E-state index contributed by atoms with van der Waals surface area (Å²) >= 11 is 6.19. The van der Waals surface area contributed by atoms with Crippen molar-refractivity contribution in [2.45, 2.75) is 82.3 Å². The van der Waals surface area contributed by atoms with Crippen LogP contribution in [0, 0.1) is 5.92 Å². The van der Waals surface area contributed by atoms with Crippen LogP contribution in [0.25, 0.3) is 10.8 Å². The summed E-state index contributed by atoms with van der Waals surface area (Å²) in [7, 11) is 0. The van der Waals surface area contributed by atoms with Crippen LogP contribution in [-0.4, -0.2) is 36.6 Å². The lowest BCUT2D eigenvalue weighted by Crippen LogP contribution is -2.53. The van der Waals surface area contributed by atoms with E-state index in [2.05, 4.69) is 34.9 Å². The number of ether oxygens (including phenoxy) is 1. The Balaban J connectivity index is 1.14. The monoisotopic (exact) mass is 458 g/mol. The van der Waals surface area contributed by atoms with Gasteiger partial charge in [-0.25, -0.2) is 9.78 Å². The normalized spacial score (nSPS) is 32.4. The van der Waals surface area contributed by atoms with E-state index in [9.17, 15) is 0 Å². The zero-order valence-corrected chi connectivity index (χ0v) is 19.9. The fourth-order valence-corrected chi connectivity index (χ4v) is 5.58. The van der Waals surface area contributed by atoms with Gasteiger partial charge < -0.3 is 15.4 Å². The van der Waals surface area contributed by atoms with Crippen molar-refractivity contribution in [2.75, 3.05) is 18.5 Å². The van der Waals surface area contributed by atoms with Crippen molar-refractivity contribution in [1.82, 2.24) is 5.32 Å². The number of fused-ring (bicyclic) bond motifs is 1. The second-order valence-corrected chi connectivity index (χ2v) is 10.9. The molecule has 2 aliphatic carbocycles. The van der Waals surface area contributed by atoms with Gasteiger partial charge in [0.05, 0.1) is 6.61 Å². The van der Waals surface area contributed by atoms with Gasteiger partial charge in [0.15, 0.2) is 0 Å². The Bertz CT molecular complexity index is 930. The molecule has 2 aromatic rings. The van der Waals surface area contributed by atoms with E-state index in [4.69, 9.17) is 26.1 Å². The first-order valence-electron chi connectivity index (χ1n) is 12.1. The van der Waals surface area contributed by atoms with Crippen molar-refractivity contribution in [2.24, 2.45) is 5.92 Å². The maximum absolute atomic E-state index is 6.19. The van der Waals surface area contributed by atoms with E-state index in [1.807, 2.05) is 26.0 Å². The average molecular weight is 459 g/mol.